The molecule has 0 saturated heterocycles. The summed E-state index contributed by atoms with van der Waals surface area (Å²) in [5.74, 6) is 3.01. The molecule has 0 heterocycles. The fourth-order valence-corrected chi connectivity index (χ4v) is 5.66. The monoisotopic (exact) mass is 529 g/mol. The van der Waals surface area contributed by atoms with Crippen LogP contribution in [0.4, 0.5) is 0 Å². The van der Waals surface area contributed by atoms with Gasteiger partial charge in [0.15, 0.2) is 0 Å². The molecule has 3 nitrogen and oxygen atoms in total. The number of aryl methyl sites for hydroxylation is 4. The zero-order valence-electron chi connectivity index (χ0n) is 22.9. The fraction of sp³-hybridized carbons (Fsp3) is 0.567. The predicted molar refractivity (Wildman–Crippen MR) is 142 cm³/mol. The molecule has 4 fully saturated rings. The summed E-state index contributed by atoms with van der Waals surface area (Å²) in [6, 6.07) is 11.1. The van der Waals surface area contributed by atoms with Crippen molar-refractivity contribution in [3.63, 3.8) is 0 Å². The van der Waals surface area contributed by atoms with Crippen LogP contribution in [0.25, 0.3) is 0 Å². The molecule has 0 spiro atoms. The molecule has 0 unspecified atom stereocenters. The van der Waals surface area contributed by atoms with Gasteiger partial charge in [-0.25, -0.2) is 0 Å². The maximum absolute atomic E-state index is 11.0. The van der Waals surface area contributed by atoms with Gasteiger partial charge in [-0.15, -0.1) is 17.2 Å². The van der Waals surface area contributed by atoms with Crippen LogP contribution in [0.1, 0.15) is 60.8 Å². The molecule has 0 amide bonds. The molecule has 4 aliphatic rings. The first-order valence-corrected chi connectivity index (χ1v) is 16.4. The van der Waals surface area contributed by atoms with E-state index < -0.39 is 8.07 Å². The molecular weight excluding hydrogens is 485 g/mol. The van der Waals surface area contributed by atoms with Crippen LogP contribution < -0.4 is 15.9 Å². The molecule has 35 heavy (non-hydrogen) atoms. The molecule has 4 saturated carbocycles. The number of nitrogens with zero attached hydrogens (tertiary/aromatic N) is 1. The minimum absolute atomic E-state index is 0. The van der Waals surface area contributed by atoms with Gasteiger partial charge in [-0.2, -0.15) is 0 Å². The van der Waals surface area contributed by atoms with E-state index in [1.165, 1.54) is 19.3 Å². The van der Waals surface area contributed by atoms with Gasteiger partial charge < -0.3 is 10.2 Å². The van der Waals surface area contributed by atoms with E-state index in [4.69, 9.17) is 0 Å². The van der Waals surface area contributed by atoms with Crippen LogP contribution in [0, 0.1) is 52.0 Å². The van der Waals surface area contributed by atoms with E-state index in [1.807, 2.05) is 64.1 Å². The van der Waals surface area contributed by atoms with Crippen molar-refractivity contribution < 1.29 is 28.8 Å². The Kier molecular flexibility index (Phi) is 12.2. The Morgan fingerprint density at radius 3 is 1.11 bits per heavy atom. The van der Waals surface area contributed by atoms with Crippen LogP contribution in [0.5, 0.6) is 11.5 Å². The summed E-state index contributed by atoms with van der Waals surface area (Å²) in [6.07, 6.45) is 7.66. The second-order valence-electron chi connectivity index (χ2n) is 12.1. The van der Waals surface area contributed by atoms with Gasteiger partial charge in [-0.1, -0.05) is 84.8 Å². The summed E-state index contributed by atoms with van der Waals surface area (Å²) >= 11 is 0. The van der Waals surface area contributed by atoms with E-state index in [2.05, 4.69) is 26.2 Å². The molecule has 5 heteroatoms. The van der Waals surface area contributed by atoms with E-state index in [0.29, 0.717) is 0 Å². The second-order valence-corrected chi connectivity index (χ2v) is 17.3. The smallest absolute Gasteiger partial charge is 0.872 e. The summed E-state index contributed by atoms with van der Waals surface area (Å²) in [7, 11) is -0.861. The first-order valence-electron chi connectivity index (χ1n) is 12.7. The summed E-state index contributed by atoms with van der Waals surface area (Å²) in [5, 5.41) is 21.9. The van der Waals surface area contributed by atoms with Crippen LogP contribution in [0.2, 0.25) is 19.6 Å². The summed E-state index contributed by atoms with van der Waals surface area (Å²) in [5.41, 5.74) is 13.2. The van der Waals surface area contributed by atoms with Crippen molar-refractivity contribution in [3.8, 4) is 11.5 Å². The van der Waals surface area contributed by atoms with Crippen LogP contribution in [0.15, 0.2) is 36.4 Å². The minimum Gasteiger partial charge on any atom is -0.872 e. The number of hydrogen-bond acceptors (Lipinski definition) is 2. The topological polar surface area (TPSA) is 68.4 Å². The van der Waals surface area contributed by atoms with Crippen molar-refractivity contribution in [2.24, 2.45) is 17.8 Å². The van der Waals surface area contributed by atoms with Crippen LogP contribution in [-0.4, -0.2) is 13.6 Å². The van der Waals surface area contributed by atoms with E-state index >= 15 is 0 Å². The van der Waals surface area contributed by atoms with Gasteiger partial charge in [-0.3, -0.25) is 0 Å². The molecular formula is C30H44NO2SiV. The van der Waals surface area contributed by atoms with Gasteiger partial charge in [0.1, 0.15) is 0 Å². The molecule has 0 N–H and O–H groups in total. The van der Waals surface area contributed by atoms with Crippen molar-refractivity contribution in [2.45, 2.75) is 91.4 Å². The zero-order valence-corrected chi connectivity index (χ0v) is 25.3. The number of para-hydroxylation sites is 2. The Bertz CT molecular complexity index is 807. The number of hydrogen-bond donors (Lipinski definition) is 0. The summed E-state index contributed by atoms with van der Waals surface area (Å²) in [4.78, 5) is 0. The first kappa shape index (κ1) is 31.8. The first-order chi connectivity index (χ1) is 15.7. The largest absolute Gasteiger partial charge is 2.00 e. The van der Waals surface area contributed by atoms with E-state index in [1.54, 1.807) is 0 Å². The maximum atomic E-state index is 11.0. The zero-order chi connectivity index (χ0) is 25.7. The molecule has 0 aliphatic heterocycles. The third-order valence-electron chi connectivity index (χ3n) is 6.82. The average molecular weight is 530 g/mol. The molecule has 2 aromatic rings. The fourth-order valence-electron chi connectivity index (χ4n) is 5.66. The normalized spacial score (nSPS) is 25.6. The van der Waals surface area contributed by atoms with Crippen molar-refractivity contribution in [1.82, 2.24) is 5.73 Å². The third-order valence-corrected chi connectivity index (χ3v) is 6.82. The Balaban J connectivity index is 0.000000239. The van der Waals surface area contributed by atoms with Gasteiger partial charge in [0.25, 0.3) is 0 Å². The molecule has 4 bridgehead atoms. The number of rotatable bonds is 0. The van der Waals surface area contributed by atoms with Gasteiger partial charge >= 0.3 is 18.6 Å². The molecule has 0 aromatic heterocycles. The minimum atomic E-state index is -0.861. The molecule has 4 aliphatic carbocycles. The van der Waals surface area contributed by atoms with Crippen LogP contribution in [-0.2, 0) is 18.6 Å². The third kappa shape index (κ3) is 10.8. The molecule has 4 radical (unpaired) electrons. The van der Waals surface area contributed by atoms with Crippen LogP contribution >= 0.6 is 0 Å². The second kappa shape index (κ2) is 13.4. The van der Waals surface area contributed by atoms with Crippen molar-refractivity contribution in [3.05, 3.63) is 65.2 Å². The molecule has 2 aromatic carbocycles. The van der Waals surface area contributed by atoms with Crippen LogP contribution in [0.3, 0.4) is 0 Å². The SMILES string of the molecule is Cc1cccc(C)c1[O-].Cc1cccc(C)c1[O-].[CH2][Si](C)(C)C.[N]C12CC3CC(CC(C3)C1)C2.[V+2]. The van der Waals surface area contributed by atoms with E-state index in [0.717, 1.165) is 59.3 Å². The van der Waals surface area contributed by atoms with Crippen molar-refractivity contribution >= 4 is 8.07 Å². The van der Waals surface area contributed by atoms with Gasteiger partial charge in [0, 0.05) is 8.07 Å². The van der Waals surface area contributed by atoms with Gasteiger partial charge in [0.05, 0.1) is 5.54 Å². The van der Waals surface area contributed by atoms with Gasteiger partial charge in [-0.05, 0) is 84.0 Å². The van der Waals surface area contributed by atoms with Crippen molar-refractivity contribution in [1.29, 1.82) is 0 Å². The number of benzene rings is 2. The van der Waals surface area contributed by atoms with E-state index in [-0.39, 0.29) is 35.6 Å². The molecule has 6 rings (SSSR count). The Labute approximate surface area is 227 Å². The predicted octanol–water partition coefficient (Wildman–Crippen LogP) is 6.47. The van der Waals surface area contributed by atoms with Gasteiger partial charge in [0.2, 0.25) is 0 Å². The Morgan fingerprint density at radius 2 is 0.943 bits per heavy atom. The Hall–Kier alpha value is -1.20. The molecule has 0 atom stereocenters. The van der Waals surface area contributed by atoms with E-state index in [9.17, 15) is 15.9 Å². The Morgan fingerprint density at radius 1 is 0.714 bits per heavy atom. The molecule has 190 valence electrons. The average Bonchev–Trinajstić information content (AvgIpc) is 2.68. The summed E-state index contributed by atoms with van der Waals surface area (Å²) in [6.45, 7) is 17.9. The van der Waals surface area contributed by atoms with Crippen molar-refractivity contribution in [2.75, 3.05) is 0 Å². The summed E-state index contributed by atoms with van der Waals surface area (Å²) < 4.78 is 0. The quantitative estimate of drug-likeness (QED) is 0.367. The standard InChI is InChI=1S/C10H15N.2C8H10O.C4H11Si.V/c11-10-4-7-1-8(5-10)3-9(2-7)6-10;2*1-6-4-3-5-7(2)8(6)9;1-5(2,3)4;/h7-9H,1-6H2;2*3-5,9H,1-2H3;1H2,2-4H3;/q;;;;+2/p-2. The maximum Gasteiger partial charge on any atom is 2.00 e.